The van der Waals surface area contributed by atoms with E-state index in [1.165, 1.54) is 11.3 Å². The number of hydrogen-bond acceptors (Lipinski definition) is 5. The number of imidazole rings is 1. The molecule has 0 spiro atoms. The van der Waals surface area contributed by atoms with Crippen LogP contribution in [-0.4, -0.2) is 32.4 Å². The molecular weight excluding hydrogens is 320 g/mol. The lowest BCUT2D eigenvalue weighted by Crippen LogP contribution is -2.15. The minimum Gasteiger partial charge on any atom is -0.396 e. The molecule has 0 aliphatic heterocycles. The number of aromatic nitrogens is 3. The Morgan fingerprint density at radius 1 is 1.36 bits per heavy atom. The van der Waals surface area contributed by atoms with E-state index in [0.29, 0.717) is 5.02 Å². The molecule has 1 unspecified atom stereocenters. The van der Waals surface area contributed by atoms with Gasteiger partial charge in [-0.15, -0.1) is 5.10 Å². The molecule has 7 heteroatoms. The molecular formula is C15H17ClN4OS. The summed E-state index contributed by atoms with van der Waals surface area (Å²) in [5.41, 5.74) is 1.91. The first-order valence-electron chi connectivity index (χ1n) is 7.15. The van der Waals surface area contributed by atoms with Crippen LogP contribution in [0.1, 0.15) is 19.8 Å². The number of fused-ring (bicyclic) bond motifs is 1. The monoisotopic (exact) mass is 336 g/mol. The predicted octanol–water partition coefficient (Wildman–Crippen LogP) is 3.68. The molecule has 2 aromatic heterocycles. The normalized spacial score (nSPS) is 12.7. The molecule has 0 aliphatic carbocycles. The average molecular weight is 337 g/mol. The molecule has 5 nitrogen and oxygen atoms in total. The molecule has 0 amide bonds. The zero-order valence-electron chi connectivity index (χ0n) is 12.2. The molecule has 0 fully saturated rings. The Morgan fingerprint density at radius 3 is 2.82 bits per heavy atom. The van der Waals surface area contributed by atoms with Crippen molar-refractivity contribution in [1.29, 1.82) is 0 Å². The van der Waals surface area contributed by atoms with Gasteiger partial charge in [0.25, 0.3) is 0 Å². The number of halogens is 1. The number of rotatable bonds is 6. The molecule has 116 valence electrons. The lowest BCUT2D eigenvalue weighted by Gasteiger charge is -2.10. The van der Waals surface area contributed by atoms with Crippen molar-refractivity contribution in [3.8, 4) is 11.3 Å². The van der Waals surface area contributed by atoms with Gasteiger partial charge in [0, 0.05) is 23.2 Å². The zero-order valence-corrected chi connectivity index (χ0v) is 13.7. The molecule has 2 N–H and O–H groups in total. The van der Waals surface area contributed by atoms with E-state index >= 15 is 0 Å². The Hall–Kier alpha value is -1.63. The van der Waals surface area contributed by atoms with Crippen molar-refractivity contribution in [3.63, 3.8) is 0 Å². The van der Waals surface area contributed by atoms with Gasteiger partial charge >= 0.3 is 0 Å². The van der Waals surface area contributed by atoms with Gasteiger partial charge < -0.3 is 10.4 Å². The van der Waals surface area contributed by atoms with E-state index in [1.54, 1.807) is 4.52 Å². The quantitative estimate of drug-likeness (QED) is 0.720. The van der Waals surface area contributed by atoms with Crippen LogP contribution in [0.5, 0.6) is 0 Å². The van der Waals surface area contributed by atoms with Crippen LogP contribution in [0.3, 0.4) is 0 Å². The van der Waals surface area contributed by atoms with Gasteiger partial charge in [-0.05, 0) is 31.9 Å². The summed E-state index contributed by atoms with van der Waals surface area (Å²) in [5.74, 6) is 0. The third-order valence-corrected chi connectivity index (χ3v) is 4.45. The van der Waals surface area contributed by atoms with E-state index in [4.69, 9.17) is 16.7 Å². The second kappa shape index (κ2) is 6.64. The Bertz CT molecular complexity index is 721. The van der Waals surface area contributed by atoms with Crippen LogP contribution < -0.4 is 5.32 Å². The van der Waals surface area contributed by atoms with E-state index < -0.39 is 0 Å². The van der Waals surface area contributed by atoms with Crippen molar-refractivity contribution < 1.29 is 5.11 Å². The van der Waals surface area contributed by atoms with Crippen molar-refractivity contribution >= 4 is 33.0 Å². The van der Waals surface area contributed by atoms with Crippen molar-refractivity contribution in [3.05, 3.63) is 35.5 Å². The summed E-state index contributed by atoms with van der Waals surface area (Å²) in [6.07, 6.45) is 3.62. The molecule has 0 bridgehead atoms. The van der Waals surface area contributed by atoms with Gasteiger partial charge in [-0.25, -0.2) is 9.50 Å². The van der Waals surface area contributed by atoms with Crippen molar-refractivity contribution in [1.82, 2.24) is 14.6 Å². The molecule has 3 rings (SSSR count). The van der Waals surface area contributed by atoms with Gasteiger partial charge in [0.15, 0.2) is 0 Å². The molecule has 0 aliphatic rings. The number of aliphatic hydroxyl groups excluding tert-OH is 1. The Labute approximate surface area is 137 Å². The summed E-state index contributed by atoms with van der Waals surface area (Å²) in [4.78, 5) is 5.45. The summed E-state index contributed by atoms with van der Waals surface area (Å²) < 4.78 is 1.79. The summed E-state index contributed by atoms with van der Waals surface area (Å²) in [6.45, 7) is 2.30. The molecule has 22 heavy (non-hydrogen) atoms. The van der Waals surface area contributed by atoms with Crippen LogP contribution in [0.25, 0.3) is 16.2 Å². The highest BCUT2D eigenvalue weighted by atomic mass is 35.5. The first-order valence-corrected chi connectivity index (χ1v) is 8.34. The summed E-state index contributed by atoms with van der Waals surface area (Å²) in [5, 5.41) is 18.2. The minimum atomic E-state index is 0.220. The van der Waals surface area contributed by atoms with E-state index in [2.05, 4.69) is 22.3 Å². The smallest absolute Gasteiger partial charge is 0.214 e. The number of benzene rings is 1. The molecule has 0 saturated heterocycles. The lowest BCUT2D eigenvalue weighted by atomic mass is 10.2. The van der Waals surface area contributed by atoms with Crippen LogP contribution in [0.2, 0.25) is 5.02 Å². The highest BCUT2D eigenvalue weighted by Gasteiger charge is 2.11. The third kappa shape index (κ3) is 3.40. The van der Waals surface area contributed by atoms with E-state index in [-0.39, 0.29) is 12.6 Å². The first-order chi connectivity index (χ1) is 10.7. The first kappa shape index (κ1) is 15.3. The van der Waals surface area contributed by atoms with Crippen LogP contribution in [0.4, 0.5) is 5.13 Å². The van der Waals surface area contributed by atoms with Crippen LogP contribution in [-0.2, 0) is 0 Å². The maximum Gasteiger partial charge on any atom is 0.214 e. The van der Waals surface area contributed by atoms with Crippen LogP contribution in [0, 0.1) is 0 Å². The summed E-state index contributed by atoms with van der Waals surface area (Å²) in [7, 11) is 0. The molecule has 0 radical (unpaired) electrons. The highest BCUT2D eigenvalue weighted by Crippen LogP contribution is 2.25. The van der Waals surface area contributed by atoms with Gasteiger partial charge in [-0.3, -0.25) is 0 Å². The zero-order chi connectivity index (χ0) is 15.5. The minimum absolute atomic E-state index is 0.220. The molecule has 0 saturated carbocycles. The maximum absolute atomic E-state index is 8.86. The standard InChI is InChI=1S/C15H17ClN4OS/c1-10(3-2-8-21)17-14-19-20-9-13(18-15(20)22-14)11-4-6-12(16)7-5-11/h4-7,9-10,21H,2-3,8H2,1H3,(H,17,19). The number of nitrogens with one attached hydrogen (secondary N) is 1. The van der Waals surface area contributed by atoms with Crippen LogP contribution >= 0.6 is 22.9 Å². The molecule has 2 heterocycles. The fraction of sp³-hybridized carbons (Fsp3) is 0.333. The Morgan fingerprint density at radius 2 is 2.14 bits per heavy atom. The summed E-state index contributed by atoms with van der Waals surface area (Å²) in [6, 6.07) is 7.88. The van der Waals surface area contributed by atoms with E-state index in [0.717, 1.165) is 34.2 Å². The lowest BCUT2D eigenvalue weighted by molar-refractivity contribution is 0.282. The second-order valence-electron chi connectivity index (χ2n) is 5.18. The average Bonchev–Trinajstić information content (AvgIpc) is 3.04. The number of anilines is 1. The third-order valence-electron chi connectivity index (χ3n) is 3.35. The Kier molecular flexibility index (Phi) is 4.61. The van der Waals surface area contributed by atoms with Gasteiger partial charge in [-0.1, -0.05) is 35.1 Å². The van der Waals surface area contributed by atoms with Gasteiger partial charge in [0.05, 0.1) is 11.9 Å². The number of hydrogen-bond donors (Lipinski definition) is 2. The SMILES string of the molecule is CC(CCCO)Nc1nn2cc(-c3ccc(Cl)cc3)nc2s1. The number of aliphatic hydroxyl groups is 1. The van der Waals surface area contributed by atoms with Crippen LogP contribution in [0.15, 0.2) is 30.5 Å². The summed E-state index contributed by atoms with van der Waals surface area (Å²) >= 11 is 7.42. The fourth-order valence-corrected chi connectivity index (χ4v) is 3.22. The topological polar surface area (TPSA) is 62.5 Å². The van der Waals surface area contributed by atoms with Gasteiger partial charge in [0.2, 0.25) is 10.1 Å². The largest absolute Gasteiger partial charge is 0.396 e. The maximum atomic E-state index is 8.86. The predicted molar refractivity (Wildman–Crippen MR) is 90.7 cm³/mol. The number of nitrogens with zero attached hydrogens (tertiary/aromatic N) is 3. The molecule has 1 aromatic carbocycles. The van der Waals surface area contributed by atoms with Gasteiger partial charge in [-0.2, -0.15) is 0 Å². The fourth-order valence-electron chi connectivity index (χ4n) is 2.20. The highest BCUT2D eigenvalue weighted by molar-refractivity contribution is 7.20. The van der Waals surface area contributed by atoms with Crippen molar-refractivity contribution in [2.45, 2.75) is 25.8 Å². The van der Waals surface area contributed by atoms with Crippen molar-refractivity contribution in [2.75, 3.05) is 11.9 Å². The van der Waals surface area contributed by atoms with Crippen molar-refractivity contribution in [2.24, 2.45) is 0 Å². The second-order valence-corrected chi connectivity index (χ2v) is 6.57. The Balaban J connectivity index is 1.76. The molecule has 3 aromatic rings. The van der Waals surface area contributed by atoms with E-state index in [1.807, 2.05) is 30.5 Å². The molecule has 1 atom stereocenters. The van der Waals surface area contributed by atoms with Gasteiger partial charge in [0.1, 0.15) is 0 Å². The van der Waals surface area contributed by atoms with E-state index in [9.17, 15) is 0 Å².